The molecule has 0 spiro atoms. The van der Waals surface area contributed by atoms with E-state index in [0.717, 1.165) is 23.4 Å². The predicted octanol–water partition coefficient (Wildman–Crippen LogP) is 2.03. The number of rotatable bonds is 0. The summed E-state index contributed by atoms with van der Waals surface area (Å²) in [7, 11) is 0. The molecule has 1 aromatic rings. The molecule has 2 aliphatic rings. The SMILES string of the molecule is O=C1CC=CC2=C1c1ccccc1CN2. The summed E-state index contributed by atoms with van der Waals surface area (Å²) in [6.45, 7) is 0.812. The number of nitrogens with one attached hydrogen (secondary N) is 1. The van der Waals surface area contributed by atoms with E-state index in [4.69, 9.17) is 0 Å². The highest BCUT2D eigenvalue weighted by Gasteiger charge is 2.23. The zero-order chi connectivity index (χ0) is 10.3. The van der Waals surface area contributed by atoms with Crippen LogP contribution in [0.4, 0.5) is 0 Å². The highest BCUT2D eigenvalue weighted by Crippen LogP contribution is 2.30. The van der Waals surface area contributed by atoms with E-state index in [1.165, 1.54) is 5.56 Å². The van der Waals surface area contributed by atoms with Gasteiger partial charge in [0.05, 0.1) is 0 Å². The first-order valence-corrected chi connectivity index (χ1v) is 5.12. The lowest BCUT2D eigenvalue weighted by molar-refractivity contribution is -0.113. The molecule has 3 rings (SSSR count). The molecule has 0 atom stereocenters. The molecule has 74 valence electrons. The van der Waals surface area contributed by atoms with Crippen molar-refractivity contribution < 1.29 is 4.79 Å². The molecule has 1 aliphatic carbocycles. The van der Waals surface area contributed by atoms with Gasteiger partial charge in [0.2, 0.25) is 0 Å². The van der Waals surface area contributed by atoms with Gasteiger partial charge in [-0.2, -0.15) is 0 Å². The van der Waals surface area contributed by atoms with Crippen LogP contribution in [0.5, 0.6) is 0 Å². The van der Waals surface area contributed by atoms with Gasteiger partial charge in [0.1, 0.15) is 0 Å². The third-order valence-electron chi connectivity index (χ3n) is 2.89. The fraction of sp³-hybridized carbons (Fsp3) is 0.154. The lowest BCUT2D eigenvalue weighted by Crippen LogP contribution is -2.24. The maximum atomic E-state index is 11.8. The van der Waals surface area contributed by atoms with Crippen molar-refractivity contribution in [2.24, 2.45) is 0 Å². The van der Waals surface area contributed by atoms with Crippen LogP contribution in [-0.2, 0) is 11.3 Å². The summed E-state index contributed by atoms with van der Waals surface area (Å²) >= 11 is 0. The molecule has 0 saturated heterocycles. The lowest BCUT2D eigenvalue weighted by atomic mass is 9.88. The van der Waals surface area contributed by atoms with Gasteiger partial charge in [-0.25, -0.2) is 0 Å². The molecule has 1 N–H and O–H groups in total. The van der Waals surface area contributed by atoms with Crippen molar-refractivity contribution in [3.05, 3.63) is 53.2 Å². The van der Waals surface area contributed by atoms with Gasteiger partial charge in [-0.1, -0.05) is 30.3 Å². The Balaban J connectivity index is 2.25. The van der Waals surface area contributed by atoms with Gasteiger partial charge in [0.15, 0.2) is 5.78 Å². The third kappa shape index (κ3) is 1.22. The maximum Gasteiger partial charge on any atom is 0.169 e. The van der Waals surface area contributed by atoms with Gasteiger partial charge < -0.3 is 5.32 Å². The van der Waals surface area contributed by atoms with Crippen LogP contribution in [0.2, 0.25) is 0 Å². The van der Waals surface area contributed by atoms with E-state index in [-0.39, 0.29) is 5.78 Å². The van der Waals surface area contributed by atoms with E-state index in [0.29, 0.717) is 6.42 Å². The monoisotopic (exact) mass is 197 g/mol. The van der Waals surface area contributed by atoms with Gasteiger partial charge in [0.25, 0.3) is 0 Å². The summed E-state index contributed by atoms with van der Waals surface area (Å²) in [6.07, 6.45) is 4.45. The Bertz CT molecular complexity index is 497. The molecule has 2 heteroatoms. The minimum absolute atomic E-state index is 0.215. The van der Waals surface area contributed by atoms with Gasteiger partial charge in [-0.3, -0.25) is 4.79 Å². The molecule has 0 fully saturated rings. The Morgan fingerprint density at radius 1 is 1.20 bits per heavy atom. The summed E-state index contributed by atoms with van der Waals surface area (Å²) in [5, 5.41) is 3.28. The van der Waals surface area contributed by atoms with Crippen molar-refractivity contribution in [3.8, 4) is 0 Å². The Morgan fingerprint density at radius 2 is 2.07 bits per heavy atom. The molecule has 15 heavy (non-hydrogen) atoms. The standard InChI is InChI=1S/C13H11NO/c15-12-7-3-6-11-13(12)10-5-2-1-4-9(10)8-14-11/h1-6,14H,7-8H2. The fourth-order valence-corrected chi connectivity index (χ4v) is 2.17. The second-order valence-electron chi connectivity index (χ2n) is 3.83. The van der Waals surface area contributed by atoms with Crippen LogP contribution in [0, 0.1) is 0 Å². The van der Waals surface area contributed by atoms with Gasteiger partial charge in [-0.05, 0) is 17.2 Å². The number of allylic oxidation sites excluding steroid dienone is 3. The number of fused-ring (bicyclic) bond motifs is 2. The topological polar surface area (TPSA) is 29.1 Å². The van der Waals surface area contributed by atoms with E-state index >= 15 is 0 Å². The van der Waals surface area contributed by atoms with Crippen LogP contribution in [-0.4, -0.2) is 5.78 Å². The molecule has 1 aliphatic heterocycles. The Hall–Kier alpha value is -1.83. The highest BCUT2D eigenvalue weighted by atomic mass is 16.1. The number of carbonyl (C=O) groups is 1. The second-order valence-corrected chi connectivity index (χ2v) is 3.83. The van der Waals surface area contributed by atoms with Crippen LogP contribution in [0.1, 0.15) is 17.5 Å². The molecule has 0 aromatic heterocycles. The Kier molecular flexibility index (Phi) is 1.75. The van der Waals surface area contributed by atoms with Crippen molar-refractivity contribution in [1.29, 1.82) is 0 Å². The van der Waals surface area contributed by atoms with Crippen LogP contribution < -0.4 is 5.32 Å². The molecule has 1 heterocycles. The predicted molar refractivity (Wildman–Crippen MR) is 59.0 cm³/mol. The second kappa shape index (κ2) is 3.09. The number of carbonyl (C=O) groups excluding carboxylic acids is 1. The average molecular weight is 197 g/mol. The quantitative estimate of drug-likeness (QED) is 0.689. The number of Topliss-reactive ketones (excluding diaryl/α,β-unsaturated/α-hetero) is 1. The number of hydrogen-bond donors (Lipinski definition) is 1. The Morgan fingerprint density at radius 3 is 3.00 bits per heavy atom. The van der Waals surface area contributed by atoms with Crippen LogP contribution in [0.3, 0.4) is 0 Å². The summed E-state index contributed by atoms with van der Waals surface area (Å²) in [5.74, 6) is 0.215. The molecular formula is C13H11NO. The third-order valence-corrected chi connectivity index (χ3v) is 2.89. The number of hydrogen-bond acceptors (Lipinski definition) is 2. The largest absolute Gasteiger partial charge is 0.380 e. The minimum Gasteiger partial charge on any atom is -0.380 e. The van der Waals surface area contributed by atoms with Crippen molar-refractivity contribution in [2.75, 3.05) is 0 Å². The van der Waals surface area contributed by atoms with E-state index in [9.17, 15) is 4.79 Å². The molecule has 0 radical (unpaired) electrons. The van der Waals surface area contributed by atoms with Crippen LogP contribution in [0.25, 0.3) is 5.57 Å². The smallest absolute Gasteiger partial charge is 0.169 e. The van der Waals surface area contributed by atoms with Crippen LogP contribution in [0.15, 0.2) is 42.1 Å². The fourth-order valence-electron chi connectivity index (χ4n) is 2.17. The zero-order valence-corrected chi connectivity index (χ0v) is 8.29. The first kappa shape index (κ1) is 8.48. The number of ketones is 1. The van der Waals surface area contributed by atoms with Crippen molar-refractivity contribution >= 4 is 11.4 Å². The van der Waals surface area contributed by atoms with Gasteiger partial charge in [0, 0.05) is 24.2 Å². The molecule has 0 saturated carbocycles. The summed E-state index contributed by atoms with van der Waals surface area (Å²) in [6, 6.07) is 8.09. The Labute approximate surface area is 88.3 Å². The van der Waals surface area contributed by atoms with Crippen molar-refractivity contribution in [3.63, 3.8) is 0 Å². The highest BCUT2D eigenvalue weighted by molar-refractivity contribution is 6.24. The first-order valence-electron chi connectivity index (χ1n) is 5.12. The molecule has 2 nitrogen and oxygen atoms in total. The number of benzene rings is 1. The average Bonchev–Trinajstić information content (AvgIpc) is 2.29. The molecular weight excluding hydrogens is 186 g/mol. The van der Waals surface area contributed by atoms with E-state index in [1.54, 1.807) is 0 Å². The van der Waals surface area contributed by atoms with E-state index in [1.807, 2.05) is 30.4 Å². The summed E-state index contributed by atoms with van der Waals surface area (Å²) < 4.78 is 0. The van der Waals surface area contributed by atoms with E-state index in [2.05, 4.69) is 11.4 Å². The molecule has 1 aromatic carbocycles. The maximum absolute atomic E-state index is 11.8. The normalized spacial score (nSPS) is 18.3. The molecule has 0 amide bonds. The first-order chi connectivity index (χ1) is 7.36. The summed E-state index contributed by atoms with van der Waals surface area (Å²) in [5.41, 5.74) is 4.14. The lowest BCUT2D eigenvalue weighted by Gasteiger charge is -2.24. The summed E-state index contributed by atoms with van der Waals surface area (Å²) in [4.78, 5) is 11.8. The minimum atomic E-state index is 0.215. The molecule has 0 bridgehead atoms. The van der Waals surface area contributed by atoms with Crippen LogP contribution >= 0.6 is 0 Å². The zero-order valence-electron chi connectivity index (χ0n) is 8.29. The van der Waals surface area contributed by atoms with Gasteiger partial charge >= 0.3 is 0 Å². The van der Waals surface area contributed by atoms with Crippen molar-refractivity contribution in [2.45, 2.75) is 13.0 Å². The van der Waals surface area contributed by atoms with Gasteiger partial charge in [-0.15, -0.1) is 0 Å². The molecule has 0 unspecified atom stereocenters. The van der Waals surface area contributed by atoms with Crippen molar-refractivity contribution in [1.82, 2.24) is 5.32 Å². The van der Waals surface area contributed by atoms with E-state index < -0.39 is 0 Å².